The summed E-state index contributed by atoms with van der Waals surface area (Å²) >= 11 is 2.40. The van der Waals surface area contributed by atoms with Gasteiger partial charge in [-0.15, -0.1) is 0 Å². The Hall–Kier alpha value is -1.35. The molecule has 0 heterocycles. The van der Waals surface area contributed by atoms with Crippen LogP contribution in [0.2, 0.25) is 0 Å². The third-order valence-electron chi connectivity index (χ3n) is 3.45. The van der Waals surface area contributed by atoms with E-state index in [2.05, 4.69) is 77.2 Å². The highest BCUT2D eigenvalue weighted by Gasteiger charge is 2.20. The predicted molar refractivity (Wildman–Crippen MR) is 81.1 cm³/mol. The molecule has 0 radical (unpaired) electrons. The summed E-state index contributed by atoms with van der Waals surface area (Å²) in [6.07, 6.45) is 0. The van der Waals surface area contributed by atoms with E-state index in [0.29, 0.717) is 0 Å². The minimum atomic E-state index is 1.30. The SMILES string of the molecule is Ic1cc2c3c(cccc3c1)-c1ccccc1-2. The first-order valence-electron chi connectivity index (χ1n) is 5.67. The molecular formula is C16H9I. The van der Waals surface area contributed by atoms with Crippen LogP contribution in [0.5, 0.6) is 0 Å². The normalized spacial score (nSPS) is 11.8. The van der Waals surface area contributed by atoms with E-state index in [1.807, 2.05) is 0 Å². The van der Waals surface area contributed by atoms with E-state index in [1.165, 1.54) is 36.6 Å². The molecule has 3 aromatic carbocycles. The minimum absolute atomic E-state index is 1.30. The molecule has 0 amide bonds. The fourth-order valence-corrected chi connectivity index (χ4v) is 3.43. The van der Waals surface area contributed by atoms with E-state index in [-0.39, 0.29) is 0 Å². The van der Waals surface area contributed by atoms with Gasteiger partial charge in [0.05, 0.1) is 0 Å². The van der Waals surface area contributed by atoms with Crippen molar-refractivity contribution < 1.29 is 0 Å². The van der Waals surface area contributed by atoms with E-state index < -0.39 is 0 Å². The van der Waals surface area contributed by atoms with Gasteiger partial charge in [-0.1, -0.05) is 42.5 Å². The first kappa shape index (κ1) is 9.66. The summed E-state index contributed by atoms with van der Waals surface area (Å²) in [6, 6.07) is 19.8. The number of hydrogen-bond donors (Lipinski definition) is 0. The first-order valence-corrected chi connectivity index (χ1v) is 6.74. The fraction of sp³-hybridized carbons (Fsp3) is 0. The van der Waals surface area contributed by atoms with Crippen molar-refractivity contribution in [2.45, 2.75) is 0 Å². The summed E-state index contributed by atoms with van der Waals surface area (Å²) in [5.74, 6) is 0. The third-order valence-corrected chi connectivity index (χ3v) is 4.07. The molecule has 3 aromatic rings. The summed E-state index contributed by atoms with van der Waals surface area (Å²) in [6.45, 7) is 0. The van der Waals surface area contributed by atoms with Gasteiger partial charge in [-0.05, 0) is 67.7 Å². The van der Waals surface area contributed by atoms with E-state index in [1.54, 1.807) is 0 Å². The summed E-state index contributed by atoms with van der Waals surface area (Å²) in [5.41, 5.74) is 5.51. The summed E-state index contributed by atoms with van der Waals surface area (Å²) in [7, 11) is 0. The van der Waals surface area contributed by atoms with Crippen molar-refractivity contribution in [2.75, 3.05) is 0 Å². The van der Waals surface area contributed by atoms with E-state index in [0.717, 1.165) is 0 Å². The number of hydrogen-bond acceptors (Lipinski definition) is 0. The summed E-state index contributed by atoms with van der Waals surface area (Å²) in [4.78, 5) is 0. The molecule has 0 saturated heterocycles. The highest BCUT2D eigenvalue weighted by atomic mass is 127. The molecule has 17 heavy (non-hydrogen) atoms. The second-order valence-electron chi connectivity index (χ2n) is 4.40. The number of halogens is 1. The standard InChI is InChI=1S/C16H9I/c17-11-8-10-4-3-7-14-12-5-1-2-6-13(12)15(9-11)16(10)14/h1-9H. The van der Waals surface area contributed by atoms with Crippen LogP contribution in [0.1, 0.15) is 0 Å². The quantitative estimate of drug-likeness (QED) is 0.394. The molecule has 0 saturated carbocycles. The van der Waals surface area contributed by atoms with Crippen LogP contribution in [-0.4, -0.2) is 0 Å². The minimum Gasteiger partial charge on any atom is -0.0616 e. The van der Waals surface area contributed by atoms with Crippen LogP contribution in [0.15, 0.2) is 54.6 Å². The van der Waals surface area contributed by atoms with Crippen molar-refractivity contribution in [3.63, 3.8) is 0 Å². The maximum atomic E-state index is 2.40. The van der Waals surface area contributed by atoms with Crippen molar-refractivity contribution in [1.29, 1.82) is 0 Å². The molecule has 1 aliphatic rings. The molecule has 4 rings (SSSR count). The van der Waals surface area contributed by atoms with Crippen molar-refractivity contribution >= 4 is 33.4 Å². The largest absolute Gasteiger partial charge is 0.0616 e. The molecule has 0 spiro atoms. The average molecular weight is 328 g/mol. The lowest BCUT2D eigenvalue weighted by molar-refractivity contribution is 1.68. The Morgan fingerprint density at radius 1 is 0.647 bits per heavy atom. The maximum Gasteiger partial charge on any atom is 0.0142 e. The molecule has 0 unspecified atom stereocenters. The van der Waals surface area contributed by atoms with Crippen LogP contribution < -0.4 is 0 Å². The number of fused-ring (bicyclic) bond motifs is 3. The van der Waals surface area contributed by atoms with Crippen molar-refractivity contribution in [3.8, 4) is 22.3 Å². The summed E-state index contributed by atoms with van der Waals surface area (Å²) in [5, 5.41) is 2.76. The van der Waals surface area contributed by atoms with Gasteiger partial charge in [-0.25, -0.2) is 0 Å². The lowest BCUT2D eigenvalue weighted by Crippen LogP contribution is -1.78. The van der Waals surface area contributed by atoms with E-state index in [4.69, 9.17) is 0 Å². The maximum absolute atomic E-state index is 2.40. The molecule has 0 atom stereocenters. The third kappa shape index (κ3) is 1.23. The lowest BCUT2D eigenvalue weighted by atomic mass is 10.0. The highest BCUT2D eigenvalue weighted by molar-refractivity contribution is 14.1. The smallest absolute Gasteiger partial charge is 0.0142 e. The van der Waals surface area contributed by atoms with Gasteiger partial charge in [0.1, 0.15) is 0 Å². The lowest BCUT2D eigenvalue weighted by Gasteiger charge is -2.02. The topological polar surface area (TPSA) is 0 Å². The molecule has 0 aliphatic heterocycles. The zero-order valence-corrected chi connectivity index (χ0v) is 11.2. The molecule has 0 N–H and O–H groups in total. The Kier molecular flexibility index (Phi) is 1.89. The highest BCUT2D eigenvalue weighted by Crippen LogP contribution is 2.47. The second kappa shape index (κ2) is 3.33. The molecule has 0 aromatic heterocycles. The van der Waals surface area contributed by atoms with Crippen LogP contribution >= 0.6 is 22.6 Å². The van der Waals surface area contributed by atoms with E-state index in [9.17, 15) is 0 Å². The van der Waals surface area contributed by atoms with Gasteiger partial charge < -0.3 is 0 Å². The Bertz CT molecular complexity index is 757. The van der Waals surface area contributed by atoms with Gasteiger partial charge in [-0.3, -0.25) is 0 Å². The number of benzene rings is 3. The Balaban J connectivity index is 2.30. The molecule has 1 aliphatic carbocycles. The second-order valence-corrected chi connectivity index (χ2v) is 5.65. The van der Waals surface area contributed by atoms with Crippen LogP contribution in [0, 0.1) is 3.57 Å². The first-order chi connectivity index (χ1) is 8.34. The molecule has 0 fully saturated rings. The van der Waals surface area contributed by atoms with Crippen LogP contribution in [0.4, 0.5) is 0 Å². The van der Waals surface area contributed by atoms with Crippen molar-refractivity contribution in [2.24, 2.45) is 0 Å². The molecule has 0 bridgehead atoms. The predicted octanol–water partition coefficient (Wildman–Crippen LogP) is 5.09. The van der Waals surface area contributed by atoms with Gasteiger partial charge in [0.15, 0.2) is 0 Å². The van der Waals surface area contributed by atoms with Gasteiger partial charge in [0.25, 0.3) is 0 Å². The molecule has 80 valence electrons. The molecular weight excluding hydrogens is 319 g/mol. The van der Waals surface area contributed by atoms with Crippen LogP contribution in [0.25, 0.3) is 33.0 Å². The molecule has 0 nitrogen and oxygen atoms in total. The van der Waals surface area contributed by atoms with Crippen LogP contribution in [-0.2, 0) is 0 Å². The Labute approximate surface area is 113 Å². The van der Waals surface area contributed by atoms with Crippen LogP contribution in [0.3, 0.4) is 0 Å². The average Bonchev–Trinajstić information content (AvgIpc) is 2.67. The van der Waals surface area contributed by atoms with E-state index >= 15 is 0 Å². The van der Waals surface area contributed by atoms with Gasteiger partial charge >= 0.3 is 0 Å². The zero-order chi connectivity index (χ0) is 11.4. The van der Waals surface area contributed by atoms with Gasteiger partial charge in [0, 0.05) is 3.57 Å². The monoisotopic (exact) mass is 328 g/mol. The molecule has 1 heteroatoms. The van der Waals surface area contributed by atoms with Crippen molar-refractivity contribution in [1.82, 2.24) is 0 Å². The Morgan fingerprint density at radius 3 is 2.18 bits per heavy atom. The Morgan fingerprint density at radius 2 is 1.35 bits per heavy atom. The van der Waals surface area contributed by atoms with Gasteiger partial charge in [0.2, 0.25) is 0 Å². The zero-order valence-electron chi connectivity index (χ0n) is 9.07. The van der Waals surface area contributed by atoms with Crippen molar-refractivity contribution in [3.05, 3.63) is 58.2 Å². The van der Waals surface area contributed by atoms with Gasteiger partial charge in [-0.2, -0.15) is 0 Å². The summed E-state index contributed by atoms with van der Waals surface area (Å²) < 4.78 is 1.30. The number of rotatable bonds is 0. The fourth-order valence-electron chi connectivity index (χ4n) is 2.78.